The number of hydrogen-bond acceptors (Lipinski definition) is 8. The number of carbonyl (C=O) groups excluding carboxylic acids is 1. The van der Waals surface area contributed by atoms with Gasteiger partial charge in [-0.05, 0) is 49.9 Å². The molecule has 2 aliphatic rings. The normalized spacial score (nSPS) is 20.4. The number of carboxylic acid groups (broad SMARTS) is 1. The molecule has 0 saturated carbocycles. The number of benzene rings is 1. The van der Waals surface area contributed by atoms with Crippen molar-refractivity contribution in [2.45, 2.75) is 57.5 Å². The summed E-state index contributed by atoms with van der Waals surface area (Å²) in [5.41, 5.74) is 6.47. The van der Waals surface area contributed by atoms with E-state index in [9.17, 15) is 24.9 Å². The minimum Gasteiger partial charge on any atom is -0.494 e. The molecule has 11 nitrogen and oxygen atoms in total. The molecule has 2 aromatic rings. The highest BCUT2D eigenvalue weighted by Crippen LogP contribution is 2.43. The summed E-state index contributed by atoms with van der Waals surface area (Å²) in [5.74, 6) is -1.18. The van der Waals surface area contributed by atoms with E-state index in [1.807, 2.05) is 21.9 Å². The van der Waals surface area contributed by atoms with Gasteiger partial charge in [-0.1, -0.05) is 19.4 Å². The second-order valence-electron chi connectivity index (χ2n) is 10.3. The number of fused-ring (bicyclic) bond motifs is 1. The number of aromatic hydroxyl groups is 2. The quantitative estimate of drug-likeness (QED) is 0.263. The zero-order valence-corrected chi connectivity index (χ0v) is 22.5. The molecule has 39 heavy (non-hydrogen) atoms. The molecule has 5 N–H and O–H groups in total. The Kier molecular flexibility index (Phi) is 9.58. The topological polar surface area (TPSA) is 151 Å². The average molecular weight is 545 g/mol. The molecular formula is C28H40N4O7. The van der Waals surface area contributed by atoms with Crippen molar-refractivity contribution >= 4 is 11.9 Å². The van der Waals surface area contributed by atoms with Crippen LogP contribution in [0.15, 0.2) is 30.3 Å². The van der Waals surface area contributed by atoms with Gasteiger partial charge in [-0.3, -0.25) is 19.1 Å². The Labute approximate surface area is 228 Å². The van der Waals surface area contributed by atoms with Crippen LogP contribution in [0.2, 0.25) is 0 Å². The summed E-state index contributed by atoms with van der Waals surface area (Å²) in [4.78, 5) is 30.1. The van der Waals surface area contributed by atoms with E-state index in [0.717, 1.165) is 31.2 Å². The summed E-state index contributed by atoms with van der Waals surface area (Å²) in [6.07, 6.45) is 3.83. The number of rotatable bonds is 14. The van der Waals surface area contributed by atoms with Crippen molar-refractivity contribution in [2.24, 2.45) is 11.7 Å². The number of carbonyl (C=O) groups is 2. The van der Waals surface area contributed by atoms with Gasteiger partial charge in [0, 0.05) is 50.3 Å². The van der Waals surface area contributed by atoms with Gasteiger partial charge < -0.3 is 35.4 Å². The van der Waals surface area contributed by atoms with E-state index in [4.69, 9.17) is 15.2 Å². The monoisotopic (exact) mass is 544 g/mol. The summed E-state index contributed by atoms with van der Waals surface area (Å²) in [6, 6.07) is 7.76. The highest BCUT2D eigenvalue weighted by Gasteiger charge is 2.47. The minimum absolute atomic E-state index is 0.0346. The highest BCUT2D eigenvalue weighted by molar-refractivity contribution is 5.79. The van der Waals surface area contributed by atoms with Crippen LogP contribution in [0.1, 0.15) is 50.5 Å². The number of nitrogens with zero attached hydrogens (tertiary/aromatic N) is 3. The van der Waals surface area contributed by atoms with Crippen molar-refractivity contribution in [3.05, 3.63) is 35.9 Å². The van der Waals surface area contributed by atoms with Crippen LogP contribution in [0.3, 0.4) is 0 Å². The van der Waals surface area contributed by atoms with E-state index in [1.54, 1.807) is 6.07 Å². The summed E-state index contributed by atoms with van der Waals surface area (Å²) >= 11 is 0. The molecular weight excluding hydrogens is 504 g/mol. The number of amides is 1. The third-order valence-corrected chi connectivity index (χ3v) is 7.80. The maximum absolute atomic E-state index is 13.5. The first-order chi connectivity index (χ1) is 18.8. The molecule has 3 heterocycles. The molecule has 2 aliphatic heterocycles. The molecule has 1 saturated heterocycles. The van der Waals surface area contributed by atoms with Crippen molar-refractivity contribution in [1.82, 2.24) is 14.4 Å². The molecule has 0 aliphatic carbocycles. The predicted octanol–water partition coefficient (Wildman–Crippen LogP) is 2.55. The average Bonchev–Trinajstić information content (AvgIpc) is 3.61. The lowest BCUT2D eigenvalue weighted by Crippen LogP contribution is -2.45. The third kappa shape index (κ3) is 6.59. The maximum Gasteiger partial charge on any atom is 0.308 e. The van der Waals surface area contributed by atoms with E-state index in [-0.39, 0.29) is 43.5 Å². The first-order valence-corrected chi connectivity index (χ1v) is 13.8. The molecule has 4 rings (SSSR count). The molecule has 3 atom stereocenters. The van der Waals surface area contributed by atoms with Crippen molar-refractivity contribution in [3.63, 3.8) is 0 Å². The van der Waals surface area contributed by atoms with Gasteiger partial charge >= 0.3 is 5.97 Å². The van der Waals surface area contributed by atoms with Crippen molar-refractivity contribution in [1.29, 1.82) is 0 Å². The SMILES string of the molecule is CCCCN(CCCCN)C(=O)CN1C[C@H](c2ccc3c(c2)OCO3)[C@@H](C(=O)O)[C@@H]1CCn1c(O)ccc1O. The molecule has 0 unspecified atom stereocenters. The number of aromatic nitrogens is 1. The van der Waals surface area contributed by atoms with E-state index in [2.05, 4.69) is 6.92 Å². The lowest BCUT2D eigenvalue weighted by atomic mass is 9.84. The van der Waals surface area contributed by atoms with Gasteiger partial charge in [-0.15, -0.1) is 0 Å². The summed E-state index contributed by atoms with van der Waals surface area (Å²) in [5, 5.41) is 30.7. The molecule has 1 fully saturated rings. The molecule has 0 spiro atoms. The molecule has 0 radical (unpaired) electrons. The third-order valence-electron chi connectivity index (χ3n) is 7.80. The van der Waals surface area contributed by atoms with Crippen molar-refractivity contribution in [3.8, 4) is 23.3 Å². The van der Waals surface area contributed by atoms with Crippen LogP contribution >= 0.6 is 0 Å². The smallest absolute Gasteiger partial charge is 0.308 e. The molecule has 1 aromatic carbocycles. The van der Waals surface area contributed by atoms with Crippen LogP contribution in [-0.2, 0) is 16.1 Å². The summed E-state index contributed by atoms with van der Waals surface area (Å²) < 4.78 is 12.3. The van der Waals surface area contributed by atoms with E-state index >= 15 is 0 Å². The Morgan fingerprint density at radius 2 is 1.77 bits per heavy atom. The molecule has 11 heteroatoms. The summed E-state index contributed by atoms with van der Waals surface area (Å²) in [6.45, 7) is 4.71. The summed E-state index contributed by atoms with van der Waals surface area (Å²) in [7, 11) is 0. The molecule has 1 aromatic heterocycles. The minimum atomic E-state index is -0.954. The van der Waals surface area contributed by atoms with Gasteiger partial charge in [0.2, 0.25) is 12.7 Å². The van der Waals surface area contributed by atoms with E-state index in [1.165, 1.54) is 16.7 Å². The molecule has 214 valence electrons. The number of carboxylic acids is 1. The second-order valence-corrected chi connectivity index (χ2v) is 10.3. The lowest BCUT2D eigenvalue weighted by molar-refractivity contribution is -0.144. The Morgan fingerprint density at radius 3 is 2.46 bits per heavy atom. The fourth-order valence-corrected chi connectivity index (χ4v) is 5.70. The standard InChI is InChI=1S/C28H40N4O7/c1-2-3-12-30(13-5-4-11-29)26(35)17-31-16-20(19-6-7-22-23(15-19)39-18-38-22)27(28(36)37)21(31)10-14-32-24(33)8-9-25(32)34/h6-9,15,20-21,27,33-34H,2-5,10-14,16-18,29H2,1H3,(H,36,37)/t20-,21+,27-/m1/s1. The zero-order chi connectivity index (χ0) is 27.9. The number of likely N-dealkylation sites (tertiary alicyclic amines) is 1. The zero-order valence-electron chi connectivity index (χ0n) is 22.5. The number of nitrogens with two attached hydrogens (primary N) is 1. The van der Waals surface area contributed by atoms with Gasteiger partial charge in [-0.25, -0.2) is 0 Å². The Hall–Kier alpha value is -3.44. The Morgan fingerprint density at radius 1 is 1.05 bits per heavy atom. The van der Waals surface area contributed by atoms with Crippen LogP contribution in [0.25, 0.3) is 0 Å². The fraction of sp³-hybridized carbons (Fsp3) is 0.571. The van der Waals surface area contributed by atoms with Gasteiger partial charge in [0.25, 0.3) is 0 Å². The van der Waals surface area contributed by atoms with Gasteiger partial charge in [-0.2, -0.15) is 0 Å². The van der Waals surface area contributed by atoms with Crippen LogP contribution in [0.5, 0.6) is 23.3 Å². The largest absolute Gasteiger partial charge is 0.494 e. The lowest BCUT2D eigenvalue weighted by Gasteiger charge is -2.30. The molecule has 1 amide bonds. The number of ether oxygens (including phenoxy) is 2. The van der Waals surface area contributed by atoms with Crippen LogP contribution < -0.4 is 15.2 Å². The van der Waals surface area contributed by atoms with Gasteiger partial charge in [0.15, 0.2) is 23.3 Å². The van der Waals surface area contributed by atoms with E-state index < -0.39 is 17.9 Å². The number of aliphatic carboxylic acids is 1. The first-order valence-electron chi connectivity index (χ1n) is 13.8. The van der Waals surface area contributed by atoms with E-state index in [0.29, 0.717) is 44.1 Å². The van der Waals surface area contributed by atoms with Crippen LogP contribution in [0, 0.1) is 5.92 Å². The highest BCUT2D eigenvalue weighted by atomic mass is 16.7. The predicted molar refractivity (Wildman–Crippen MR) is 144 cm³/mol. The fourth-order valence-electron chi connectivity index (χ4n) is 5.70. The molecule has 0 bridgehead atoms. The number of unbranched alkanes of at least 4 members (excludes halogenated alkanes) is 2. The van der Waals surface area contributed by atoms with Gasteiger partial charge in [0.1, 0.15) is 0 Å². The maximum atomic E-state index is 13.5. The first kappa shape index (κ1) is 28.6. The van der Waals surface area contributed by atoms with Crippen molar-refractivity contribution < 1.29 is 34.4 Å². The second kappa shape index (κ2) is 13.1. The van der Waals surface area contributed by atoms with Gasteiger partial charge in [0.05, 0.1) is 12.5 Å². The van der Waals surface area contributed by atoms with Crippen molar-refractivity contribution in [2.75, 3.05) is 39.5 Å². The van der Waals surface area contributed by atoms with Crippen LogP contribution in [0.4, 0.5) is 0 Å². The Balaban J connectivity index is 1.60. The van der Waals surface area contributed by atoms with Crippen LogP contribution in [-0.4, -0.2) is 87.1 Å². The number of hydrogen-bond donors (Lipinski definition) is 4. The Bertz CT molecular complexity index is 1120.